The lowest BCUT2D eigenvalue weighted by Crippen LogP contribution is -2.27. The van der Waals surface area contributed by atoms with Gasteiger partial charge in [0, 0.05) is 36.7 Å². The minimum absolute atomic E-state index is 0.0354. The summed E-state index contributed by atoms with van der Waals surface area (Å²) < 4.78 is 0. The lowest BCUT2D eigenvalue weighted by atomic mass is 10.0. The largest absolute Gasteiger partial charge is 0.355 e. The summed E-state index contributed by atoms with van der Waals surface area (Å²) >= 11 is 0. The number of hydrogen-bond donors (Lipinski definition) is 1. The van der Waals surface area contributed by atoms with Crippen molar-refractivity contribution in [2.24, 2.45) is 0 Å². The monoisotopic (exact) mass is 291 g/mol. The summed E-state index contributed by atoms with van der Waals surface area (Å²) in [5, 5.41) is 5.10. The molecule has 4 heteroatoms. The lowest BCUT2D eigenvalue weighted by Gasteiger charge is -2.07. The molecule has 0 spiro atoms. The topological polar surface area (TPSA) is 54.9 Å². The van der Waals surface area contributed by atoms with Gasteiger partial charge in [-0.15, -0.1) is 0 Å². The van der Waals surface area contributed by atoms with Crippen molar-refractivity contribution in [3.05, 3.63) is 72.3 Å². The van der Waals surface area contributed by atoms with Gasteiger partial charge in [-0.3, -0.25) is 14.8 Å². The number of rotatable bonds is 5. The Morgan fingerprint density at radius 1 is 1.00 bits per heavy atom. The van der Waals surface area contributed by atoms with Gasteiger partial charge in [-0.25, -0.2) is 0 Å². The molecule has 2 aromatic heterocycles. The van der Waals surface area contributed by atoms with E-state index in [-0.39, 0.29) is 5.91 Å². The Balaban J connectivity index is 1.59. The summed E-state index contributed by atoms with van der Waals surface area (Å²) in [5.41, 5.74) is 2.15. The first-order chi connectivity index (χ1) is 10.8. The number of benzene rings is 1. The molecule has 0 saturated heterocycles. The smallest absolute Gasteiger partial charge is 0.224 e. The van der Waals surface area contributed by atoms with Crippen molar-refractivity contribution in [1.82, 2.24) is 15.3 Å². The van der Waals surface area contributed by atoms with Gasteiger partial charge >= 0.3 is 0 Å². The van der Waals surface area contributed by atoms with Crippen LogP contribution in [0, 0.1) is 0 Å². The number of pyridine rings is 2. The zero-order valence-electron chi connectivity index (χ0n) is 12.2. The second-order valence-corrected chi connectivity index (χ2v) is 5.15. The van der Waals surface area contributed by atoms with Crippen LogP contribution in [0.4, 0.5) is 0 Å². The Hall–Kier alpha value is -2.75. The van der Waals surface area contributed by atoms with E-state index in [4.69, 9.17) is 0 Å². The van der Waals surface area contributed by atoms with Crippen molar-refractivity contribution in [1.29, 1.82) is 0 Å². The van der Waals surface area contributed by atoms with Gasteiger partial charge in [-0.1, -0.05) is 24.3 Å². The maximum atomic E-state index is 12.1. The number of amides is 1. The van der Waals surface area contributed by atoms with Crippen LogP contribution in [-0.2, 0) is 17.6 Å². The van der Waals surface area contributed by atoms with Crippen LogP contribution in [0.3, 0.4) is 0 Å². The maximum absolute atomic E-state index is 12.1. The van der Waals surface area contributed by atoms with Crippen LogP contribution in [0.2, 0.25) is 0 Å². The fourth-order valence-electron chi connectivity index (χ4n) is 2.47. The Bertz CT molecular complexity index is 766. The normalized spacial score (nSPS) is 10.5. The van der Waals surface area contributed by atoms with E-state index in [1.807, 2.05) is 48.8 Å². The Morgan fingerprint density at radius 3 is 2.77 bits per heavy atom. The predicted octanol–water partition coefficient (Wildman–Crippen LogP) is 2.53. The molecule has 0 aliphatic heterocycles. The van der Waals surface area contributed by atoms with Crippen molar-refractivity contribution in [3.63, 3.8) is 0 Å². The van der Waals surface area contributed by atoms with Crippen LogP contribution in [0.25, 0.3) is 10.8 Å². The van der Waals surface area contributed by atoms with Gasteiger partial charge in [0.2, 0.25) is 5.91 Å². The molecule has 2 heterocycles. The van der Waals surface area contributed by atoms with Crippen LogP contribution in [-0.4, -0.2) is 22.4 Å². The minimum Gasteiger partial charge on any atom is -0.355 e. The Kier molecular flexibility index (Phi) is 4.39. The molecule has 0 unspecified atom stereocenters. The third-order valence-electron chi connectivity index (χ3n) is 3.58. The second kappa shape index (κ2) is 6.80. The minimum atomic E-state index is 0.0354. The van der Waals surface area contributed by atoms with Crippen molar-refractivity contribution >= 4 is 16.7 Å². The van der Waals surface area contributed by atoms with Gasteiger partial charge in [0.15, 0.2) is 0 Å². The summed E-state index contributed by atoms with van der Waals surface area (Å²) in [4.78, 5) is 20.3. The summed E-state index contributed by atoms with van der Waals surface area (Å²) in [5.74, 6) is 0.0354. The molecular weight excluding hydrogens is 274 g/mol. The van der Waals surface area contributed by atoms with E-state index in [9.17, 15) is 4.79 Å². The molecule has 0 aliphatic carbocycles. The van der Waals surface area contributed by atoms with Crippen LogP contribution in [0.1, 0.15) is 11.1 Å². The highest BCUT2D eigenvalue weighted by atomic mass is 16.1. The number of hydrogen-bond acceptors (Lipinski definition) is 3. The van der Waals surface area contributed by atoms with E-state index >= 15 is 0 Å². The predicted molar refractivity (Wildman–Crippen MR) is 86.4 cm³/mol. The van der Waals surface area contributed by atoms with Gasteiger partial charge in [-0.05, 0) is 35.1 Å². The molecule has 1 N–H and O–H groups in total. The highest BCUT2D eigenvalue weighted by Crippen LogP contribution is 2.17. The van der Waals surface area contributed by atoms with E-state index < -0.39 is 0 Å². The fraction of sp³-hybridized carbons (Fsp3) is 0.167. The number of carbonyl (C=O) groups excluding carboxylic acids is 1. The first kappa shape index (κ1) is 14.2. The zero-order valence-corrected chi connectivity index (χ0v) is 12.2. The lowest BCUT2D eigenvalue weighted by molar-refractivity contribution is -0.120. The Morgan fingerprint density at radius 2 is 1.91 bits per heavy atom. The van der Waals surface area contributed by atoms with E-state index in [0.717, 1.165) is 28.3 Å². The summed E-state index contributed by atoms with van der Waals surface area (Å²) in [6, 6.07) is 11.8. The molecule has 22 heavy (non-hydrogen) atoms. The molecular formula is C18H17N3O. The number of aromatic nitrogens is 2. The summed E-state index contributed by atoms with van der Waals surface area (Å²) in [6.07, 6.45) is 8.32. The van der Waals surface area contributed by atoms with Gasteiger partial charge in [0.1, 0.15) is 0 Å². The fourth-order valence-corrected chi connectivity index (χ4v) is 2.47. The van der Waals surface area contributed by atoms with E-state index in [2.05, 4.69) is 15.3 Å². The SMILES string of the molecule is O=C(Cc1cccc2cnccc12)NCCc1cccnc1. The van der Waals surface area contributed by atoms with Gasteiger partial charge in [0.25, 0.3) is 0 Å². The molecule has 110 valence electrons. The molecule has 3 rings (SSSR count). The number of nitrogens with one attached hydrogen (secondary N) is 1. The van der Waals surface area contributed by atoms with E-state index in [1.165, 1.54) is 0 Å². The standard InChI is InChI=1S/C18H17N3O/c22-18(21-10-6-14-3-2-8-19-12-14)11-15-4-1-5-16-13-20-9-7-17(15)16/h1-5,7-9,12-13H,6,10-11H2,(H,21,22). The molecule has 1 amide bonds. The maximum Gasteiger partial charge on any atom is 0.224 e. The van der Waals surface area contributed by atoms with Crippen molar-refractivity contribution in [2.75, 3.05) is 6.54 Å². The molecule has 0 saturated carbocycles. The molecule has 3 aromatic rings. The molecule has 0 fully saturated rings. The first-order valence-electron chi connectivity index (χ1n) is 7.30. The average Bonchev–Trinajstić information content (AvgIpc) is 2.56. The van der Waals surface area contributed by atoms with Crippen molar-refractivity contribution in [2.45, 2.75) is 12.8 Å². The molecule has 0 atom stereocenters. The highest BCUT2D eigenvalue weighted by Gasteiger charge is 2.06. The zero-order chi connectivity index (χ0) is 15.2. The quantitative estimate of drug-likeness (QED) is 0.786. The van der Waals surface area contributed by atoms with Crippen LogP contribution >= 0.6 is 0 Å². The molecule has 0 aliphatic rings. The molecule has 1 aromatic carbocycles. The summed E-state index contributed by atoms with van der Waals surface area (Å²) in [6.45, 7) is 0.622. The van der Waals surface area contributed by atoms with Crippen LogP contribution in [0.5, 0.6) is 0 Å². The molecule has 0 bridgehead atoms. The molecule has 4 nitrogen and oxygen atoms in total. The van der Waals surface area contributed by atoms with Crippen molar-refractivity contribution in [3.8, 4) is 0 Å². The third kappa shape index (κ3) is 3.47. The second-order valence-electron chi connectivity index (χ2n) is 5.15. The van der Waals surface area contributed by atoms with Gasteiger partial charge < -0.3 is 5.32 Å². The van der Waals surface area contributed by atoms with E-state index in [1.54, 1.807) is 12.4 Å². The van der Waals surface area contributed by atoms with Crippen LogP contribution in [0.15, 0.2) is 61.2 Å². The van der Waals surface area contributed by atoms with Crippen molar-refractivity contribution < 1.29 is 4.79 Å². The molecule has 0 radical (unpaired) electrons. The average molecular weight is 291 g/mol. The third-order valence-corrected chi connectivity index (χ3v) is 3.58. The number of fused-ring (bicyclic) bond motifs is 1. The van der Waals surface area contributed by atoms with Crippen LogP contribution < -0.4 is 5.32 Å². The number of carbonyl (C=O) groups is 1. The van der Waals surface area contributed by atoms with E-state index in [0.29, 0.717) is 13.0 Å². The number of nitrogens with zero attached hydrogens (tertiary/aromatic N) is 2. The first-order valence-corrected chi connectivity index (χ1v) is 7.30. The van der Waals surface area contributed by atoms with Gasteiger partial charge in [0.05, 0.1) is 6.42 Å². The summed E-state index contributed by atoms with van der Waals surface area (Å²) in [7, 11) is 0. The van der Waals surface area contributed by atoms with Gasteiger partial charge in [-0.2, -0.15) is 0 Å². The Labute approximate surface area is 129 Å². The highest BCUT2D eigenvalue weighted by molar-refractivity contribution is 5.89.